The molecule has 4 heteroatoms. The van der Waals surface area contributed by atoms with Gasteiger partial charge in [-0.3, -0.25) is 14.6 Å². The molecule has 1 heterocycles. The van der Waals surface area contributed by atoms with E-state index in [2.05, 4.69) is 13.8 Å². The number of Topliss-reactive ketones (excluding diaryl/α,β-unsaturated/α-hetero) is 1. The number of hydrazine groups is 1. The Morgan fingerprint density at radius 2 is 2.13 bits per heavy atom. The predicted molar refractivity (Wildman–Crippen MR) is 58.0 cm³/mol. The lowest BCUT2D eigenvalue weighted by atomic mass is 10.2. The van der Waals surface area contributed by atoms with Gasteiger partial charge in [0.1, 0.15) is 5.78 Å². The van der Waals surface area contributed by atoms with Crippen LogP contribution in [-0.4, -0.2) is 41.3 Å². The van der Waals surface area contributed by atoms with Crippen LogP contribution in [0, 0.1) is 5.92 Å². The van der Waals surface area contributed by atoms with Crippen molar-refractivity contribution < 1.29 is 9.59 Å². The highest BCUT2D eigenvalue weighted by atomic mass is 16.2. The Balaban J connectivity index is 2.48. The van der Waals surface area contributed by atoms with Gasteiger partial charge in [-0.15, -0.1) is 0 Å². The van der Waals surface area contributed by atoms with Crippen LogP contribution in [-0.2, 0) is 9.59 Å². The number of hydrogen-bond donors (Lipinski definition) is 0. The van der Waals surface area contributed by atoms with E-state index in [4.69, 9.17) is 0 Å². The van der Waals surface area contributed by atoms with Gasteiger partial charge in [-0.25, -0.2) is 5.01 Å². The molecule has 1 aliphatic rings. The summed E-state index contributed by atoms with van der Waals surface area (Å²) in [4.78, 5) is 22.4. The van der Waals surface area contributed by atoms with Crippen LogP contribution < -0.4 is 0 Å². The van der Waals surface area contributed by atoms with Gasteiger partial charge in [-0.05, 0) is 12.8 Å². The second-order valence-corrected chi connectivity index (χ2v) is 4.53. The molecule has 0 spiro atoms. The Hall–Kier alpha value is -0.900. The Labute approximate surface area is 91.2 Å². The number of ketones is 1. The first-order valence-electron chi connectivity index (χ1n) is 5.55. The summed E-state index contributed by atoms with van der Waals surface area (Å²) in [5.41, 5.74) is 0. The Morgan fingerprint density at radius 1 is 1.47 bits per heavy atom. The van der Waals surface area contributed by atoms with Crippen molar-refractivity contribution >= 4 is 11.7 Å². The molecule has 0 atom stereocenters. The van der Waals surface area contributed by atoms with Crippen molar-refractivity contribution in [1.82, 2.24) is 10.0 Å². The first-order chi connectivity index (χ1) is 7.00. The number of hydrogen-bond acceptors (Lipinski definition) is 3. The zero-order valence-corrected chi connectivity index (χ0v) is 9.82. The number of carbonyl (C=O) groups is 2. The van der Waals surface area contributed by atoms with Crippen LogP contribution in [0.4, 0.5) is 0 Å². The van der Waals surface area contributed by atoms with E-state index in [1.54, 1.807) is 11.9 Å². The molecular weight excluding hydrogens is 192 g/mol. The lowest BCUT2D eigenvalue weighted by Crippen LogP contribution is -2.42. The predicted octanol–water partition coefficient (Wildman–Crippen LogP) is 1.07. The van der Waals surface area contributed by atoms with Crippen LogP contribution >= 0.6 is 0 Å². The summed E-state index contributed by atoms with van der Waals surface area (Å²) in [5, 5.41) is 3.80. The second-order valence-electron chi connectivity index (χ2n) is 4.53. The lowest BCUT2D eigenvalue weighted by molar-refractivity contribution is -0.139. The first kappa shape index (κ1) is 12.2. The van der Waals surface area contributed by atoms with Crippen LogP contribution in [0.3, 0.4) is 0 Å². The minimum Gasteiger partial charge on any atom is -0.300 e. The number of rotatable bonds is 5. The molecule has 1 fully saturated rings. The molecule has 1 rings (SSSR count). The monoisotopic (exact) mass is 212 g/mol. The maximum atomic E-state index is 11.6. The summed E-state index contributed by atoms with van der Waals surface area (Å²) in [6, 6.07) is 0. The van der Waals surface area contributed by atoms with Gasteiger partial charge in [-0.1, -0.05) is 13.8 Å². The highest BCUT2D eigenvalue weighted by Gasteiger charge is 2.28. The quantitative estimate of drug-likeness (QED) is 0.684. The van der Waals surface area contributed by atoms with E-state index in [1.165, 1.54) is 0 Å². The fourth-order valence-electron chi connectivity index (χ4n) is 1.71. The third-order valence-corrected chi connectivity index (χ3v) is 2.47. The molecule has 1 amide bonds. The third-order valence-electron chi connectivity index (χ3n) is 2.47. The molecule has 15 heavy (non-hydrogen) atoms. The normalized spacial score (nSPS) is 17.9. The molecule has 0 aliphatic carbocycles. The maximum Gasteiger partial charge on any atom is 0.238 e. The molecule has 86 valence electrons. The maximum absolute atomic E-state index is 11.6. The zero-order chi connectivity index (χ0) is 11.4. The molecule has 0 saturated carbocycles. The van der Waals surface area contributed by atoms with Gasteiger partial charge in [0.25, 0.3) is 0 Å². The van der Waals surface area contributed by atoms with Crippen molar-refractivity contribution in [1.29, 1.82) is 0 Å². The molecule has 1 saturated heterocycles. The van der Waals surface area contributed by atoms with Gasteiger partial charge in [-0.2, -0.15) is 0 Å². The van der Waals surface area contributed by atoms with Crippen LogP contribution in [0.15, 0.2) is 0 Å². The van der Waals surface area contributed by atoms with Crippen molar-refractivity contribution in [2.24, 2.45) is 5.92 Å². The lowest BCUT2D eigenvalue weighted by Gasteiger charge is -2.29. The number of nitrogens with zero attached hydrogens (tertiary/aromatic N) is 2. The van der Waals surface area contributed by atoms with Crippen molar-refractivity contribution in [3.63, 3.8) is 0 Å². The molecule has 0 unspecified atom stereocenters. The molecule has 0 bridgehead atoms. The molecule has 1 aliphatic heterocycles. The SMILES string of the molecule is CC(=O)CCN1CCC(=O)N1CC(C)C. The summed E-state index contributed by atoms with van der Waals surface area (Å²) in [6.45, 7) is 7.97. The zero-order valence-electron chi connectivity index (χ0n) is 9.82. The van der Waals surface area contributed by atoms with E-state index >= 15 is 0 Å². The van der Waals surface area contributed by atoms with Crippen molar-refractivity contribution in [3.05, 3.63) is 0 Å². The van der Waals surface area contributed by atoms with Gasteiger partial charge in [0.15, 0.2) is 0 Å². The Kier molecular flexibility index (Phi) is 4.27. The van der Waals surface area contributed by atoms with E-state index in [1.807, 2.05) is 5.01 Å². The van der Waals surface area contributed by atoms with Crippen molar-refractivity contribution in [2.75, 3.05) is 19.6 Å². The molecule has 4 nitrogen and oxygen atoms in total. The standard InChI is InChI=1S/C11H20N2O2/c1-9(2)8-13-11(15)5-7-12(13)6-4-10(3)14/h9H,4-8H2,1-3H3. The van der Waals surface area contributed by atoms with Gasteiger partial charge < -0.3 is 0 Å². The fourth-order valence-corrected chi connectivity index (χ4v) is 1.71. The summed E-state index contributed by atoms with van der Waals surface area (Å²) < 4.78 is 0. The van der Waals surface area contributed by atoms with E-state index < -0.39 is 0 Å². The fraction of sp³-hybridized carbons (Fsp3) is 0.818. The molecular formula is C11H20N2O2. The Morgan fingerprint density at radius 3 is 2.67 bits per heavy atom. The summed E-state index contributed by atoms with van der Waals surface area (Å²) in [5.74, 6) is 0.831. The van der Waals surface area contributed by atoms with E-state index in [-0.39, 0.29) is 11.7 Å². The van der Waals surface area contributed by atoms with Crippen molar-refractivity contribution in [2.45, 2.75) is 33.6 Å². The smallest absolute Gasteiger partial charge is 0.238 e. The molecule has 0 aromatic carbocycles. The third kappa shape index (κ3) is 3.63. The highest BCUT2D eigenvalue weighted by molar-refractivity contribution is 5.78. The summed E-state index contributed by atoms with van der Waals surface area (Å²) in [6.07, 6.45) is 1.12. The molecule has 0 aromatic rings. The summed E-state index contributed by atoms with van der Waals surface area (Å²) in [7, 11) is 0. The number of amides is 1. The molecule has 0 N–H and O–H groups in total. The van der Waals surface area contributed by atoms with Gasteiger partial charge in [0.2, 0.25) is 5.91 Å². The van der Waals surface area contributed by atoms with Crippen LogP contribution in [0.2, 0.25) is 0 Å². The van der Waals surface area contributed by atoms with Crippen LogP contribution in [0.1, 0.15) is 33.6 Å². The van der Waals surface area contributed by atoms with E-state index in [9.17, 15) is 9.59 Å². The Bertz CT molecular complexity index is 251. The first-order valence-corrected chi connectivity index (χ1v) is 5.55. The topological polar surface area (TPSA) is 40.6 Å². The average Bonchev–Trinajstić information content (AvgIpc) is 2.44. The molecule has 0 radical (unpaired) electrons. The largest absolute Gasteiger partial charge is 0.300 e. The molecule has 0 aromatic heterocycles. The van der Waals surface area contributed by atoms with Gasteiger partial charge >= 0.3 is 0 Å². The summed E-state index contributed by atoms with van der Waals surface area (Å²) >= 11 is 0. The number of carbonyl (C=O) groups excluding carboxylic acids is 2. The van der Waals surface area contributed by atoms with E-state index in [0.717, 1.165) is 13.1 Å². The second kappa shape index (κ2) is 5.26. The van der Waals surface area contributed by atoms with E-state index in [0.29, 0.717) is 25.3 Å². The van der Waals surface area contributed by atoms with Crippen molar-refractivity contribution in [3.8, 4) is 0 Å². The van der Waals surface area contributed by atoms with Gasteiger partial charge in [0.05, 0.1) is 0 Å². The minimum absolute atomic E-state index is 0.179. The van der Waals surface area contributed by atoms with Gasteiger partial charge in [0, 0.05) is 32.5 Å². The van der Waals surface area contributed by atoms with Crippen LogP contribution in [0.25, 0.3) is 0 Å². The minimum atomic E-state index is 0.179. The van der Waals surface area contributed by atoms with Crippen LogP contribution in [0.5, 0.6) is 0 Å². The average molecular weight is 212 g/mol. The highest BCUT2D eigenvalue weighted by Crippen LogP contribution is 2.14.